The van der Waals surface area contributed by atoms with Gasteiger partial charge >= 0.3 is 0 Å². The molecule has 1 aromatic heterocycles. The van der Waals surface area contributed by atoms with E-state index in [-0.39, 0.29) is 17.9 Å². The molecule has 0 saturated carbocycles. The molecular formula is C15H17N3O. The van der Waals surface area contributed by atoms with Gasteiger partial charge in [-0.3, -0.25) is 9.79 Å². The third kappa shape index (κ3) is 1.93. The lowest BCUT2D eigenvalue weighted by atomic mass is 10.00. The van der Waals surface area contributed by atoms with Gasteiger partial charge in [0, 0.05) is 22.7 Å². The summed E-state index contributed by atoms with van der Waals surface area (Å²) in [6.45, 7) is 4.14. The minimum Gasteiger partial charge on any atom is -0.360 e. The van der Waals surface area contributed by atoms with Crippen molar-refractivity contribution in [3.05, 3.63) is 36.0 Å². The largest absolute Gasteiger partial charge is 0.360 e. The molecule has 2 aromatic rings. The number of amides is 1. The first-order valence-electron chi connectivity index (χ1n) is 6.66. The number of amidine groups is 1. The summed E-state index contributed by atoms with van der Waals surface area (Å²) in [5.41, 5.74) is 2.02. The highest BCUT2D eigenvalue weighted by Crippen LogP contribution is 2.22. The van der Waals surface area contributed by atoms with Crippen LogP contribution in [0.1, 0.15) is 25.8 Å². The molecular weight excluding hydrogens is 238 g/mol. The fraction of sp³-hybridized carbons (Fsp3) is 0.333. The van der Waals surface area contributed by atoms with E-state index < -0.39 is 0 Å². The number of aromatic nitrogens is 1. The summed E-state index contributed by atoms with van der Waals surface area (Å²) in [6.07, 6.45) is 2.85. The standard InChI is InChI=1S/C15H17N3O/c1-3-9(2)13-15(19)18-14(17-13)11-8-16-12-7-5-4-6-10(11)12/h4-9,13,16H,3H2,1-2H3,(H,17,18,19). The van der Waals surface area contributed by atoms with Gasteiger partial charge in [-0.2, -0.15) is 0 Å². The van der Waals surface area contributed by atoms with Crippen LogP contribution in [0, 0.1) is 5.92 Å². The average Bonchev–Trinajstić information content (AvgIpc) is 3.01. The van der Waals surface area contributed by atoms with Crippen molar-refractivity contribution in [2.24, 2.45) is 10.9 Å². The Kier molecular flexibility index (Phi) is 2.85. The summed E-state index contributed by atoms with van der Waals surface area (Å²) in [7, 11) is 0. The first-order chi connectivity index (χ1) is 9.20. The zero-order valence-corrected chi connectivity index (χ0v) is 11.1. The molecule has 2 N–H and O–H groups in total. The Hall–Kier alpha value is -2.10. The third-order valence-corrected chi connectivity index (χ3v) is 3.81. The monoisotopic (exact) mass is 255 g/mol. The van der Waals surface area contributed by atoms with E-state index in [0.717, 1.165) is 22.9 Å². The summed E-state index contributed by atoms with van der Waals surface area (Å²) < 4.78 is 0. The minimum atomic E-state index is -0.256. The maximum Gasteiger partial charge on any atom is 0.250 e. The number of hydrogen-bond acceptors (Lipinski definition) is 2. The van der Waals surface area contributed by atoms with E-state index >= 15 is 0 Å². The van der Waals surface area contributed by atoms with Crippen LogP contribution in [-0.2, 0) is 4.79 Å². The van der Waals surface area contributed by atoms with Gasteiger partial charge in [0.2, 0.25) is 0 Å². The molecule has 3 rings (SSSR count). The fourth-order valence-corrected chi connectivity index (χ4v) is 2.43. The lowest BCUT2D eigenvalue weighted by Gasteiger charge is -2.10. The Balaban J connectivity index is 2.01. The molecule has 2 unspecified atom stereocenters. The number of nitrogens with one attached hydrogen (secondary N) is 2. The lowest BCUT2D eigenvalue weighted by Crippen LogP contribution is -2.32. The highest BCUT2D eigenvalue weighted by molar-refractivity contribution is 6.18. The van der Waals surface area contributed by atoms with Gasteiger partial charge < -0.3 is 10.3 Å². The Morgan fingerprint density at radius 2 is 2.16 bits per heavy atom. The number of carbonyl (C=O) groups is 1. The molecule has 1 aliphatic heterocycles. The van der Waals surface area contributed by atoms with Crippen molar-refractivity contribution in [1.29, 1.82) is 0 Å². The van der Waals surface area contributed by atoms with Gasteiger partial charge in [-0.05, 0) is 12.0 Å². The number of para-hydroxylation sites is 1. The number of nitrogens with zero attached hydrogens (tertiary/aromatic N) is 1. The zero-order chi connectivity index (χ0) is 13.4. The molecule has 0 radical (unpaired) electrons. The summed E-state index contributed by atoms with van der Waals surface area (Å²) >= 11 is 0. The Morgan fingerprint density at radius 1 is 1.37 bits per heavy atom. The second kappa shape index (κ2) is 4.53. The number of carbonyl (C=O) groups excluding carboxylic acids is 1. The summed E-state index contributed by atoms with van der Waals surface area (Å²) in [5.74, 6) is 0.963. The zero-order valence-electron chi connectivity index (χ0n) is 11.1. The van der Waals surface area contributed by atoms with Crippen LogP contribution < -0.4 is 5.32 Å². The molecule has 98 valence electrons. The van der Waals surface area contributed by atoms with Gasteiger partial charge in [-0.15, -0.1) is 0 Å². The van der Waals surface area contributed by atoms with Crippen LogP contribution in [0.4, 0.5) is 0 Å². The maximum absolute atomic E-state index is 12.0. The SMILES string of the molecule is CCC(C)C1N=C(c2c[nH]c3ccccc23)NC1=O. The van der Waals surface area contributed by atoms with E-state index in [1.54, 1.807) is 0 Å². The topological polar surface area (TPSA) is 57.2 Å². The molecule has 19 heavy (non-hydrogen) atoms. The third-order valence-electron chi connectivity index (χ3n) is 3.81. The van der Waals surface area contributed by atoms with E-state index in [4.69, 9.17) is 0 Å². The predicted octanol–water partition coefficient (Wildman–Crippen LogP) is 2.46. The molecule has 1 aliphatic rings. The number of H-pyrrole nitrogens is 1. The highest BCUT2D eigenvalue weighted by atomic mass is 16.2. The minimum absolute atomic E-state index is 0.00892. The van der Waals surface area contributed by atoms with Gasteiger partial charge in [-0.25, -0.2) is 0 Å². The Bertz CT molecular complexity index is 656. The molecule has 0 fully saturated rings. The molecule has 0 aliphatic carbocycles. The summed E-state index contributed by atoms with van der Waals surface area (Å²) in [5, 5.41) is 3.99. The number of fused-ring (bicyclic) bond motifs is 1. The number of rotatable bonds is 3. The van der Waals surface area contributed by atoms with Gasteiger partial charge in [0.1, 0.15) is 11.9 Å². The Morgan fingerprint density at radius 3 is 2.95 bits per heavy atom. The molecule has 4 nitrogen and oxygen atoms in total. The number of aliphatic imine (C=N–C) groups is 1. The first kappa shape index (κ1) is 12.0. The summed E-state index contributed by atoms with van der Waals surface area (Å²) in [6, 6.07) is 7.77. The highest BCUT2D eigenvalue weighted by Gasteiger charge is 2.31. The first-order valence-corrected chi connectivity index (χ1v) is 6.66. The van der Waals surface area contributed by atoms with Crippen molar-refractivity contribution in [2.45, 2.75) is 26.3 Å². The van der Waals surface area contributed by atoms with Crippen LogP contribution in [0.3, 0.4) is 0 Å². The number of hydrogen-bond donors (Lipinski definition) is 2. The van der Waals surface area contributed by atoms with E-state index in [1.165, 1.54) is 0 Å². The lowest BCUT2D eigenvalue weighted by molar-refractivity contribution is -0.121. The van der Waals surface area contributed by atoms with Gasteiger partial charge in [0.15, 0.2) is 0 Å². The van der Waals surface area contributed by atoms with Crippen LogP contribution in [0.25, 0.3) is 10.9 Å². The van der Waals surface area contributed by atoms with Crippen molar-refractivity contribution in [2.75, 3.05) is 0 Å². The maximum atomic E-state index is 12.0. The molecule has 0 saturated heterocycles. The van der Waals surface area contributed by atoms with Crippen LogP contribution in [0.15, 0.2) is 35.5 Å². The van der Waals surface area contributed by atoms with Gasteiger partial charge in [0.05, 0.1) is 0 Å². The second-order valence-corrected chi connectivity index (χ2v) is 5.05. The normalized spacial score (nSPS) is 20.4. The quantitative estimate of drug-likeness (QED) is 0.869. The van der Waals surface area contributed by atoms with Crippen LogP contribution >= 0.6 is 0 Å². The fourth-order valence-electron chi connectivity index (χ4n) is 2.43. The van der Waals surface area contributed by atoms with Crippen LogP contribution in [-0.4, -0.2) is 22.8 Å². The molecule has 0 spiro atoms. The van der Waals surface area contributed by atoms with Crippen molar-refractivity contribution < 1.29 is 4.79 Å². The molecule has 1 amide bonds. The van der Waals surface area contributed by atoms with Gasteiger partial charge in [0.25, 0.3) is 5.91 Å². The molecule has 2 heterocycles. The molecule has 0 bridgehead atoms. The van der Waals surface area contributed by atoms with E-state index in [9.17, 15) is 4.79 Å². The van der Waals surface area contributed by atoms with Crippen molar-refractivity contribution in [3.8, 4) is 0 Å². The molecule has 4 heteroatoms. The van der Waals surface area contributed by atoms with E-state index in [1.807, 2.05) is 30.5 Å². The molecule has 1 aromatic carbocycles. The predicted molar refractivity (Wildman–Crippen MR) is 76.2 cm³/mol. The summed E-state index contributed by atoms with van der Waals surface area (Å²) in [4.78, 5) is 19.8. The van der Waals surface area contributed by atoms with E-state index in [0.29, 0.717) is 5.84 Å². The van der Waals surface area contributed by atoms with Crippen LogP contribution in [0.5, 0.6) is 0 Å². The number of benzene rings is 1. The average molecular weight is 255 g/mol. The Labute approximate surface area is 111 Å². The smallest absolute Gasteiger partial charge is 0.250 e. The van der Waals surface area contributed by atoms with Crippen LogP contribution in [0.2, 0.25) is 0 Å². The number of aromatic amines is 1. The van der Waals surface area contributed by atoms with Crippen molar-refractivity contribution in [1.82, 2.24) is 10.3 Å². The van der Waals surface area contributed by atoms with Gasteiger partial charge in [-0.1, -0.05) is 38.5 Å². The second-order valence-electron chi connectivity index (χ2n) is 5.05. The molecule has 2 atom stereocenters. The van der Waals surface area contributed by atoms with Crippen molar-refractivity contribution in [3.63, 3.8) is 0 Å². The van der Waals surface area contributed by atoms with E-state index in [2.05, 4.69) is 29.1 Å². The van der Waals surface area contributed by atoms with Crippen molar-refractivity contribution >= 4 is 22.6 Å².